The molecule has 1 amide bonds. The molecule has 0 bridgehead atoms. The van der Waals surface area contributed by atoms with Crippen molar-refractivity contribution in [3.05, 3.63) is 59.2 Å². The van der Waals surface area contributed by atoms with Crippen LogP contribution in [0.3, 0.4) is 0 Å². The van der Waals surface area contributed by atoms with Crippen molar-refractivity contribution in [3.8, 4) is 5.75 Å². The van der Waals surface area contributed by atoms with Gasteiger partial charge in [-0.15, -0.1) is 0 Å². The number of amides is 1. The van der Waals surface area contributed by atoms with Gasteiger partial charge in [0.25, 0.3) is 5.91 Å². The van der Waals surface area contributed by atoms with Crippen molar-refractivity contribution in [2.75, 3.05) is 11.9 Å². The molecule has 0 atom stereocenters. The lowest BCUT2D eigenvalue weighted by Gasteiger charge is -2.14. The van der Waals surface area contributed by atoms with Gasteiger partial charge in [-0.3, -0.25) is 9.59 Å². The summed E-state index contributed by atoms with van der Waals surface area (Å²) in [5, 5.41) is 11.6. The Morgan fingerprint density at radius 1 is 1.07 bits per heavy atom. The predicted octanol–water partition coefficient (Wildman–Crippen LogP) is 4.83. The lowest BCUT2D eigenvalue weighted by molar-refractivity contribution is -0.137. The van der Waals surface area contributed by atoms with Crippen LogP contribution in [0.25, 0.3) is 0 Å². The first-order valence-electron chi connectivity index (χ1n) is 9.35. The van der Waals surface area contributed by atoms with Crippen LogP contribution in [-0.4, -0.2) is 23.6 Å². The normalized spacial score (nSPS) is 10.4. The maximum atomic E-state index is 12.7. The molecule has 0 saturated heterocycles. The van der Waals surface area contributed by atoms with Crippen molar-refractivity contribution in [2.24, 2.45) is 0 Å². The van der Waals surface area contributed by atoms with E-state index in [1.54, 1.807) is 0 Å². The summed E-state index contributed by atoms with van der Waals surface area (Å²) in [5.74, 6) is -0.287. The van der Waals surface area contributed by atoms with Crippen LogP contribution in [0.15, 0.2) is 42.5 Å². The fourth-order valence-corrected chi connectivity index (χ4v) is 2.83. The number of unbranched alkanes of at least 4 members (excludes halogenated alkanes) is 2. The Morgan fingerprint density at radius 3 is 2.59 bits per heavy atom. The number of carbonyl (C=O) groups is 2. The highest BCUT2D eigenvalue weighted by atomic mass is 16.5. The van der Waals surface area contributed by atoms with Gasteiger partial charge in [0.05, 0.1) is 12.3 Å². The smallest absolute Gasteiger partial charge is 0.303 e. The molecule has 0 fully saturated rings. The summed E-state index contributed by atoms with van der Waals surface area (Å²) < 4.78 is 5.86. The molecule has 5 nitrogen and oxygen atoms in total. The molecule has 0 unspecified atom stereocenters. The first kappa shape index (κ1) is 20.5. The number of anilines is 1. The quantitative estimate of drug-likeness (QED) is 0.588. The van der Waals surface area contributed by atoms with Gasteiger partial charge in [-0.1, -0.05) is 31.2 Å². The molecule has 5 heteroatoms. The summed E-state index contributed by atoms with van der Waals surface area (Å²) in [7, 11) is 0. The standard InChI is InChI=1S/C22H27NO4/c1-3-17-9-6-7-10-18(17)22(26)23-19-13-12-16(2)15-20(19)27-14-8-4-5-11-21(24)25/h6-7,9-10,12-13,15H,3-5,8,11,14H2,1-2H3,(H,23,26)(H,24,25). The van der Waals surface area contributed by atoms with Gasteiger partial charge in [0, 0.05) is 12.0 Å². The lowest BCUT2D eigenvalue weighted by atomic mass is 10.0. The van der Waals surface area contributed by atoms with Gasteiger partial charge in [0.15, 0.2) is 0 Å². The molecular weight excluding hydrogens is 342 g/mol. The van der Waals surface area contributed by atoms with Crippen molar-refractivity contribution >= 4 is 17.6 Å². The van der Waals surface area contributed by atoms with Gasteiger partial charge in [0.1, 0.15) is 5.75 Å². The second kappa shape index (κ2) is 10.4. The zero-order valence-corrected chi connectivity index (χ0v) is 16.0. The number of rotatable bonds is 10. The van der Waals surface area contributed by atoms with Crippen LogP contribution >= 0.6 is 0 Å². The number of hydrogen-bond acceptors (Lipinski definition) is 3. The number of carboxylic acid groups (broad SMARTS) is 1. The number of aliphatic carboxylic acids is 1. The summed E-state index contributed by atoms with van der Waals surface area (Å²) >= 11 is 0. The van der Waals surface area contributed by atoms with Gasteiger partial charge in [-0.25, -0.2) is 0 Å². The Morgan fingerprint density at radius 2 is 1.85 bits per heavy atom. The molecule has 2 aromatic carbocycles. The van der Waals surface area contributed by atoms with E-state index < -0.39 is 5.97 Å². The molecule has 0 aliphatic rings. The molecule has 0 aromatic heterocycles. The van der Waals surface area contributed by atoms with Crippen LogP contribution in [-0.2, 0) is 11.2 Å². The highest BCUT2D eigenvalue weighted by Crippen LogP contribution is 2.27. The minimum Gasteiger partial charge on any atom is -0.491 e. The molecule has 0 spiro atoms. The average Bonchev–Trinajstić information content (AvgIpc) is 2.66. The van der Waals surface area contributed by atoms with Crippen molar-refractivity contribution in [1.29, 1.82) is 0 Å². The monoisotopic (exact) mass is 369 g/mol. The molecule has 0 saturated carbocycles. The highest BCUT2D eigenvalue weighted by Gasteiger charge is 2.13. The summed E-state index contributed by atoms with van der Waals surface area (Å²) in [4.78, 5) is 23.2. The Kier molecular flexibility index (Phi) is 7.86. The van der Waals surface area contributed by atoms with Crippen molar-refractivity contribution < 1.29 is 19.4 Å². The number of hydrogen-bond donors (Lipinski definition) is 2. The third-order valence-corrected chi connectivity index (χ3v) is 4.32. The number of carboxylic acids is 1. The van der Waals surface area contributed by atoms with Crippen LogP contribution in [0.4, 0.5) is 5.69 Å². The first-order chi connectivity index (χ1) is 13.0. The fourth-order valence-electron chi connectivity index (χ4n) is 2.83. The minimum absolute atomic E-state index is 0.150. The molecule has 2 rings (SSSR count). The maximum Gasteiger partial charge on any atom is 0.303 e. The van der Waals surface area contributed by atoms with E-state index in [9.17, 15) is 9.59 Å². The molecule has 27 heavy (non-hydrogen) atoms. The molecule has 2 N–H and O–H groups in total. The van der Waals surface area contributed by atoms with E-state index in [1.807, 2.05) is 56.3 Å². The topological polar surface area (TPSA) is 75.6 Å². The number of ether oxygens (including phenoxy) is 1. The molecule has 0 aliphatic heterocycles. The van der Waals surface area contributed by atoms with E-state index in [2.05, 4.69) is 5.32 Å². The number of benzene rings is 2. The third-order valence-electron chi connectivity index (χ3n) is 4.32. The SMILES string of the molecule is CCc1ccccc1C(=O)Nc1ccc(C)cc1OCCCCCC(=O)O. The summed E-state index contributed by atoms with van der Waals surface area (Å²) in [6.45, 7) is 4.48. The molecular formula is C22H27NO4. The van der Waals surface area contributed by atoms with Crippen LogP contribution < -0.4 is 10.1 Å². The van der Waals surface area contributed by atoms with E-state index in [0.29, 0.717) is 30.0 Å². The van der Waals surface area contributed by atoms with Crippen LogP contribution in [0.1, 0.15) is 54.1 Å². The maximum absolute atomic E-state index is 12.7. The van der Waals surface area contributed by atoms with E-state index in [4.69, 9.17) is 9.84 Å². The molecule has 2 aromatic rings. The van der Waals surface area contributed by atoms with Crippen LogP contribution in [0.2, 0.25) is 0 Å². The third kappa shape index (κ3) is 6.44. The average molecular weight is 369 g/mol. The fraction of sp³-hybridized carbons (Fsp3) is 0.364. The second-order valence-electron chi connectivity index (χ2n) is 6.52. The Bertz CT molecular complexity index is 786. The van der Waals surface area contributed by atoms with Gasteiger partial charge < -0.3 is 15.2 Å². The van der Waals surface area contributed by atoms with E-state index in [0.717, 1.165) is 30.4 Å². The van der Waals surface area contributed by atoms with Gasteiger partial charge >= 0.3 is 5.97 Å². The van der Waals surface area contributed by atoms with E-state index in [1.165, 1.54) is 0 Å². The zero-order valence-electron chi connectivity index (χ0n) is 16.0. The van der Waals surface area contributed by atoms with Gasteiger partial charge in [-0.05, 0) is 61.9 Å². The Balaban J connectivity index is 2.00. The van der Waals surface area contributed by atoms with Crippen molar-refractivity contribution in [2.45, 2.75) is 46.0 Å². The highest BCUT2D eigenvalue weighted by molar-refractivity contribution is 6.06. The van der Waals surface area contributed by atoms with Crippen molar-refractivity contribution in [3.63, 3.8) is 0 Å². The molecule has 0 radical (unpaired) electrons. The molecule has 0 aliphatic carbocycles. The Hall–Kier alpha value is -2.82. The van der Waals surface area contributed by atoms with Crippen LogP contribution in [0.5, 0.6) is 5.75 Å². The molecule has 144 valence electrons. The summed E-state index contributed by atoms with van der Waals surface area (Å²) in [6, 6.07) is 13.3. The van der Waals surface area contributed by atoms with Crippen LogP contribution in [0, 0.1) is 6.92 Å². The van der Waals surface area contributed by atoms with E-state index >= 15 is 0 Å². The minimum atomic E-state index is -0.771. The lowest BCUT2D eigenvalue weighted by Crippen LogP contribution is -2.15. The number of aryl methyl sites for hydroxylation is 2. The zero-order chi connectivity index (χ0) is 19.6. The first-order valence-corrected chi connectivity index (χ1v) is 9.35. The summed E-state index contributed by atoms with van der Waals surface area (Å²) in [5.41, 5.74) is 3.35. The number of nitrogens with one attached hydrogen (secondary N) is 1. The largest absolute Gasteiger partial charge is 0.491 e. The number of carbonyl (C=O) groups excluding carboxylic acids is 1. The van der Waals surface area contributed by atoms with E-state index in [-0.39, 0.29) is 12.3 Å². The Labute approximate surface area is 160 Å². The molecule has 0 heterocycles. The van der Waals surface area contributed by atoms with Crippen molar-refractivity contribution in [1.82, 2.24) is 0 Å². The van der Waals surface area contributed by atoms with Gasteiger partial charge in [-0.2, -0.15) is 0 Å². The summed E-state index contributed by atoms with van der Waals surface area (Å²) in [6.07, 6.45) is 3.18. The predicted molar refractivity (Wildman–Crippen MR) is 107 cm³/mol. The van der Waals surface area contributed by atoms with Gasteiger partial charge in [0.2, 0.25) is 0 Å². The second-order valence-corrected chi connectivity index (χ2v) is 6.52.